The third-order valence-corrected chi connectivity index (χ3v) is 3.11. The van der Waals surface area contributed by atoms with Crippen LogP contribution in [0.5, 0.6) is 5.75 Å². The maximum Gasteiger partial charge on any atom is 0.279 e. The fourth-order valence-corrected chi connectivity index (χ4v) is 1.72. The van der Waals surface area contributed by atoms with Gasteiger partial charge in [-0.3, -0.25) is 15.6 Å². The van der Waals surface area contributed by atoms with E-state index in [0.717, 1.165) is 11.1 Å². The van der Waals surface area contributed by atoms with E-state index >= 15 is 0 Å². The number of carbonyl (C=O) groups excluding carboxylic acids is 1. The number of carbonyl (C=O) groups is 1. The molecule has 20 heavy (non-hydrogen) atoms. The standard InChI is InChI=1S/C14H21N3O2S/c1-5-15-14(20)17-16-13(18)11(4)19-12-8-6-7-9(2)10(12)3/h6-8,11H,5H2,1-4H3,(H,16,18)(H2,15,17,20)/t11-/m0/s1. The molecule has 6 heteroatoms. The number of nitrogens with one attached hydrogen (secondary N) is 3. The van der Waals surface area contributed by atoms with Crippen molar-refractivity contribution in [3.63, 3.8) is 0 Å². The first-order valence-electron chi connectivity index (χ1n) is 6.52. The Morgan fingerprint density at radius 1 is 1.35 bits per heavy atom. The van der Waals surface area contributed by atoms with Gasteiger partial charge in [0.1, 0.15) is 5.75 Å². The molecule has 1 aromatic rings. The number of amides is 1. The summed E-state index contributed by atoms with van der Waals surface area (Å²) in [5.41, 5.74) is 7.28. The number of ether oxygens (including phenoxy) is 1. The van der Waals surface area contributed by atoms with Crippen LogP contribution in [-0.2, 0) is 4.79 Å². The van der Waals surface area contributed by atoms with E-state index in [2.05, 4.69) is 16.2 Å². The van der Waals surface area contributed by atoms with Crippen LogP contribution in [0, 0.1) is 13.8 Å². The van der Waals surface area contributed by atoms with Crippen LogP contribution in [0.3, 0.4) is 0 Å². The summed E-state index contributed by atoms with van der Waals surface area (Å²) in [6.07, 6.45) is -0.618. The number of benzene rings is 1. The number of aryl methyl sites for hydroxylation is 1. The predicted molar refractivity (Wildman–Crippen MR) is 83.6 cm³/mol. The first-order valence-corrected chi connectivity index (χ1v) is 6.93. The molecule has 0 heterocycles. The van der Waals surface area contributed by atoms with Crippen LogP contribution in [0.1, 0.15) is 25.0 Å². The zero-order valence-corrected chi connectivity index (χ0v) is 13.1. The summed E-state index contributed by atoms with van der Waals surface area (Å²) in [5.74, 6) is 0.424. The van der Waals surface area contributed by atoms with Gasteiger partial charge in [-0.05, 0) is 57.1 Å². The van der Waals surface area contributed by atoms with E-state index in [1.54, 1.807) is 6.92 Å². The molecule has 0 spiro atoms. The van der Waals surface area contributed by atoms with Gasteiger partial charge in [0.15, 0.2) is 11.2 Å². The summed E-state index contributed by atoms with van der Waals surface area (Å²) >= 11 is 4.95. The highest BCUT2D eigenvalue weighted by molar-refractivity contribution is 7.80. The van der Waals surface area contributed by atoms with Crippen molar-refractivity contribution in [3.05, 3.63) is 29.3 Å². The van der Waals surface area contributed by atoms with Gasteiger partial charge in [0, 0.05) is 6.54 Å². The summed E-state index contributed by atoms with van der Waals surface area (Å²) in [7, 11) is 0. The average molecular weight is 295 g/mol. The first kappa shape index (κ1) is 16.2. The monoisotopic (exact) mass is 295 g/mol. The Bertz CT molecular complexity index is 491. The Morgan fingerprint density at radius 3 is 2.70 bits per heavy atom. The zero-order chi connectivity index (χ0) is 15.1. The van der Waals surface area contributed by atoms with Crippen molar-refractivity contribution in [2.24, 2.45) is 0 Å². The lowest BCUT2D eigenvalue weighted by Crippen LogP contribution is -2.50. The van der Waals surface area contributed by atoms with E-state index in [-0.39, 0.29) is 5.91 Å². The van der Waals surface area contributed by atoms with Crippen molar-refractivity contribution in [1.82, 2.24) is 16.2 Å². The van der Waals surface area contributed by atoms with Crippen LogP contribution >= 0.6 is 12.2 Å². The maximum absolute atomic E-state index is 11.9. The molecule has 5 nitrogen and oxygen atoms in total. The van der Waals surface area contributed by atoms with Crippen molar-refractivity contribution in [2.45, 2.75) is 33.8 Å². The van der Waals surface area contributed by atoms with Crippen molar-refractivity contribution in [3.8, 4) is 5.75 Å². The topological polar surface area (TPSA) is 62.4 Å². The summed E-state index contributed by atoms with van der Waals surface area (Å²) in [5, 5.41) is 3.25. The second-order valence-electron chi connectivity index (χ2n) is 4.43. The quantitative estimate of drug-likeness (QED) is 0.581. The number of rotatable bonds is 4. The molecular formula is C14H21N3O2S. The van der Waals surface area contributed by atoms with E-state index in [0.29, 0.717) is 17.4 Å². The molecule has 1 atom stereocenters. The first-order chi connectivity index (χ1) is 9.45. The zero-order valence-electron chi connectivity index (χ0n) is 12.2. The highest BCUT2D eigenvalue weighted by atomic mass is 32.1. The van der Waals surface area contributed by atoms with E-state index in [4.69, 9.17) is 17.0 Å². The molecule has 0 radical (unpaired) electrons. The SMILES string of the molecule is CCNC(=S)NNC(=O)[C@H](C)Oc1cccc(C)c1C. The van der Waals surface area contributed by atoms with E-state index in [1.165, 1.54) is 0 Å². The van der Waals surface area contributed by atoms with Crippen molar-refractivity contribution in [2.75, 3.05) is 6.54 Å². The van der Waals surface area contributed by atoms with E-state index in [1.807, 2.05) is 39.0 Å². The molecule has 0 aliphatic carbocycles. The summed E-state index contributed by atoms with van der Waals surface area (Å²) in [6.45, 7) is 8.27. The summed E-state index contributed by atoms with van der Waals surface area (Å²) in [4.78, 5) is 11.9. The minimum absolute atomic E-state index is 0.286. The second-order valence-corrected chi connectivity index (χ2v) is 4.84. The van der Waals surface area contributed by atoms with Crippen LogP contribution in [-0.4, -0.2) is 23.7 Å². The Morgan fingerprint density at radius 2 is 2.05 bits per heavy atom. The normalized spacial score (nSPS) is 11.4. The molecule has 0 bridgehead atoms. The lowest BCUT2D eigenvalue weighted by atomic mass is 10.1. The molecule has 3 N–H and O–H groups in total. The highest BCUT2D eigenvalue weighted by Crippen LogP contribution is 2.21. The molecule has 0 unspecified atom stereocenters. The molecule has 110 valence electrons. The third-order valence-electron chi connectivity index (χ3n) is 2.86. The van der Waals surface area contributed by atoms with Crippen LogP contribution in [0.15, 0.2) is 18.2 Å². The second kappa shape index (κ2) is 7.69. The molecule has 1 amide bonds. The van der Waals surface area contributed by atoms with Crippen LogP contribution in [0.25, 0.3) is 0 Å². The molecule has 0 aliphatic rings. The molecular weight excluding hydrogens is 274 g/mol. The van der Waals surface area contributed by atoms with Gasteiger partial charge in [-0.2, -0.15) is 0 Å². The van der Waals surface area contributed by atoms with Gasteiger partial charge in [-0.15, -0.1) is 0 Å². The van der Waals surface area contributed by atoms with Gasteiger partial charge in [0.2, 0.25) is 0 Å². The van der Waals surface area contributed by atoms with Crippen molar-refractivity contribution >= 4 is 23.2 Å². The van der Waals surface area contributed by atoms with Crippen LogP contribution in [0.2, 0.25) is 0 Å². The minimum Gasteiger partial charge on any atom is -0.481 e. The Labute approximate surface area is 125 Å². The number of hydrogen-bond donors (Lipinski definition) is 3. The molecule has 0 fully saturated rings. The fourth-order valence-electron chi connectivity index (χ4n) is 1.52. The molecule has 0 saturated carbocycles. The van der Waals surface area contributed by atoms with Gasteiger partial charge in [-0.25, -0.2) is 0 Å². The number of hydrazine groups is 1. The molecule has 0 aromatic heterocycles. The molecule has 1 aromatic carbocycles. The average Bonchev–Trinajstić information content (AvgIpc) is 2.41. The number of hydrogen-bond acceptors (Lipinski definition) is 3. The Balaban J connectivity index is 2.53. The lowest BCUT2D eigenvalue weighted by molar-refractivity contribution is -0.127. The van der Waals surface area contributed by atoms with Gasteiger partial charge in [0.05, 0.1) is 0 Å². The number of thiocarbonyl (C=S) groups is 1. The highest BCUT2D eigenvalue weighted by Gasteiger charge is 2.15. The fraction of sp³-hybridized carbons (Fsp3) is 0.429. The van der Waals surface area contributed by atoms with Gasteiger partial charge >= 0.3 is 0 Å². The van der Waals surface area contributed by atoms with Gasteiger partial charge in [-0.1, -0.05) is 12.1 Å². The van der Waals surface area contributed by atoms with Gasteiger partial charge < -0.3 is 10.1 Å². The minimum atomic E-state index is -0.618. The van der Waals surface area contributed by atoms with E-state index in [9.17, 15) is 4.79 Å². The molecule has 1 rings (SSSR count). The Kier molecular flexibility index (Phi) is 6.24. The van der Waals surface area contributed by atoms with E-state index < -0.39 is 6.10 Å². The van der Waals surface area contributed by atoms with Crippen molar-refractivity contribution < 1.29 is 9.53 Å². The van der Waals surface area contributed by atoms with Crippen molar-refractivity contribution in [1.29, 1.82) is 0 Å². The largest absolute Gasteiger partial charge is 0.481 e. The molecule has 0 saturated heterocycles. The predicted octanol–water partition coefficient (Wildman–Crippen LogP) is 1.59. The molecule has 0 aliphatic heterocycles. The summed E-state index contributed by atoms with van der Waals surface area (Å²) < 4.78 is 5.66. The van der Waals surface area contributed by atoms with Crippen LogP contribution < -0.4 is 20.9 Å². The maximum atomic E-state index is 11.9. The lowest BCUT2D eigenvalue weighted by Gasteiger charge is -2.18. The summed E-state index contributed by atoms with van der Waals surface area (Å²) in [6, 6.07) is 5.76. The van der Waals surface area contributed by atoms with Gasteiger partial charge in [0.25, 0.3) is 5.91 Å². The third kappa shape index (κ3) is 4.70. The smallest absolute Gasteiger partial charge is 0.279 e. The van der Waals surface area contributed by atoms with Crippen LogP contribution in [0.4, 0.5) is 0 Å². The Hall–Kier alpha value is -1.82.